The number of hydrogen-bond donors (Lipinski definition) is 1. The number of aromatic nitrogens is 1. The molecule has 3 atom stereocenters. The van der Waals surface area contributed by atoms with Crippen LogP contribution in [0.15, 0.2) is 36.5 Å². The first-order valence-electron chi connectivity index (χ1n) is 11.3. The first-order chi connectivity index (χ1) is 16.7. The summed E-state index contributed by atoms with van der Waals surface area (Å²) in [6.07, 6.45) is 1.02. The maximum atomic E-state index is 13.4. The number of halogens is 1. The van der Waals surface area contributed by atoms with Crippen molar-refractivity contribution in [3.63, 3.8) is 0 Å². The second-order valence-corrected chi connectivity index (χ2v) is 8.63. The Morgan fingerprint density at radius 1 is 1.40 bits per heavy atom. The van der Waals surface area contributed by atoms with Crippen molar-refractivity contribution < 1.29 is 28.6 Å². The van der Waals surface area contributed by atoms with Crippen molar-refractivity contribution in [2.45, 2.75) is 26.0 Å². The smallest absolute Gasteiger partial charge is 0.259 e. The third-order valence-electron chi connectivity index (χ3n) is 5.86. The van der Waals surface area contributed by atoms with E-state index in [1.165, 1.54) is 42.5 Å². The molecular weight excluding hydrogens is 453 g/mol. The van der Waals surface area contributed by atoms with Gasteiger partial charge in [0.1, 0.15) is 24.1 Å². The van der Waals surface area contributed by atoms with Crippen LogP contribution < -0.4 is 4.74 Å². The Hall–Kier alpha value is -3.48. The average Bonchev–Trinajstić information content (AvgIpc) is 2.86. The van der Waals surface area contributed by atoms with Crippen molar-refractivity contribution in [1.82, 2.24) is 14.8 Å². The van der Waals surface area contributed by atoms with Gasteiger partial charge in [0.15, 0.2) is 0 Å². The zero-order valence-electron chi connectivity index (χ0n) is 20.3. The van der Waals surface area contributed by atoms with Crippen LogP contribution in [-0.2, 0) is 4.74 Å². The van der Waals surface area contributed by atoms with Crippen LogP contribution in [-0.4, -0.2) is 84.3 Å². The van der Waals surface area contributed by atoms with Crippen molar-refractivity contribution >= 4 is 11.8 Å². The number of likely N-dealkylation sites (N-methyl/N-ethyl adjacent to an activating group) is 1. The molecule has 0 spiro atoms. The predicted molar refractivity (Wildman–Crippen MR) is 128 cm³/mol. The molecule has 2 heterocycles. The molecule has 0 saturated carbocycles. The third kappa shape index (κ3) is 6.35. The molecule has 0 unspecified atom stereocenters. The Labute approximate surface area is 204 Å². The first kappa shape index (κ1) is 26.1. The van der Waals surface area contributed by atoms with Crippen LogP contribution in [0.5, 0.6) is 5.88 Å². The van der Waals surface area contributed by atoms with Crippen LogP contribution in [0.3, 0.4) is 0 Å². The molecule has 2 aromatic rings. The summed E-state index contributed by atoms with van der Waals surface area (Å²) in [6, 6.07) is 6.53. The Balaban J connectivity index is 1.92. The van der Waals surface area contributed by atoms with Crippen molar-refractivity contribution in [2.75, 3.05) is 40.5 Å². The summed E-state index contributed by atoms with van der Waals surface area (Å²) in [5, 5.41) is 9.77. The number of carbonyl (C=O) groups excluding carboxylic acids is 2. The van der Waals surface area contributed by atoms with E-state index in [-0.39, 0.29) is 48.9 Å². The molecule has 186 valence electrons. The van der Waals surface area contributed by atoms with Gasteiger partial charge in [0.05, 0.1) is 19.2 Å². The van der Waals surface area contributed by atoms with Gasteiger partial charge in [-0.25, -0.2) is 9.37 Å². The summed E-state index contributed by atoms with van der Waals surface area (Å²) in [4.78, 5) is 33.7. The highest BCUT2D eigenvalue weighted by Gasteiger charge is 2.34. The van der Waals surface area contributed by atoms with Gasteiger partial charge in [-0.05, 0) is 37.3 Å². The zero-order chi connectivity index (χ0) is 25.5. The molecule has 9 heteroatoms. The highest BCUT2D eigenvalue weighted by atomic mass is 19.1. The van der Waals surface area contributed by atoms with Crippen molar-refractivity contribution in [3.8, 4) is 17.7 Å². The molecule has 1 aromatic carbocycles. The van der Waals surface area contributed by atoms with E-state index in [1.807, 2.05) is 6.92 Å². The molecule has 3 rings (SSSR count). The van der Waals surface area contributed by atoms with Crippen LogP contribution in [0.25, 0.3) is 0 Å². The number of carbonyl (C=O) groups is 2. The van der Waals surface area contributed by atoms with Crippen molar-refractivity contribution in [1.29, 1.82) is 0 Å². The number of amides is 2. The lowest BCUT2D eigenvalue weighted by Crippen LogP contribution is -2.50. The number of aliphatic hydroxyl groups is 1. The van der Waals surface area contributed by atoms with Gasteiger partial charge in [-0.15, -0.1) is 0 Å². The van der Waals surface area contributed by atoms with E-state index >= 15 is 0 Å². The normalized spacial score (nSPS) is 18.3. The molecule has 0 fully saturated rings. The Morgan fingerprint density at radius 2 is 2.11 bits per heavy atom. The number of benzene rings is 1. The minimum atomic E-state index is -0.498. The van der Waals surface area contributed by atoms with Crippen LogP contribution in [0.2, 0.25) is 0 Å². The van der Waals surface area contributed by atoms with E-state index in [0.717, 1.165) is 0 Å². The van der Waals surface area contributed by atoms with Crippen LogP contribution in [0.4, 0.5) is 4.39 Å². The summed E-state index contributed by atoms with van der Waals surface area (Å²) in [6.45, 7) is 4.24. The molecule has 8 nitrogen and oxygen atoms in total. The van der Waals surface area contributed by atoms with Gasteiger partial charge < -0.3 is 24.4 Å². The van der Waals surface area contributed by atoms with E-state index in [2.05, 4.69) is 16.8 Å². The maximum Gasteiger partial charge on any atom is 0.259 e. The van der Waals surface area contributed by atoms with Crippen molar-refractivity contribution in [3.05, 3.63) is 59.0 Å². The van der Waals surface area contributed by atoms with Gasteiger partial charge in [0.2, 0.25) is 5.88 Å². The molecule has 0 radical (unpaired) electrons. The number of nitrogens with zero attached hydrogens (tertiary/aromatic N) is 3. The van der Waals surface area contributed by atoms with Crippen molar-refractivity contribution in [2.24, 2.45) is 5.92 Å². The van der Waals surface area contributed by atoms with E-state index in [0.29, 0.717) is 17.7 Å². The van der Waals surface area contributed by atoms with Gasteiger partial charge in [0, 0.05) is 43.9 Å². The lowest BCUT2D eigenvalue weighted by atomic mass is 9.99. The molecule has 1 aliphatic rings. The topological polar surface area (TPSA) is 92.2 Å². The lowest BCUT2D eigenvalue weighted by Gasteiger charge is -2.37. The fourth-order valence-corrected chi connectivity index (χ4v) is 3.76. The van der Waals surface area contributed by atoms with E-state index in [4.69, 9.17) is 9.47 Å². The second-order valence-electron chi connectivity index (χ2n) is 8.63. The summed E-state index contributed by atoms with van der Waals surface area (Å²) >= 11 is 0. The summed E-state index contributed by atoms with van der Waals surface area (Å²) in [5.74, 6) is 4.68. The Morgan fingerprint density at radius 3 is 2.77 bits per heavy atom. The minimum Gasteiger partial charge on any atom is -0.472 e. The molecule has 0 aliphatic carbocycles. The van der Waals surface area contributed by atoms with E-state index < -0.39 is 18.0 Å². The van der Waals surface area contributed by atoms with Gasteiger partial charge in [-0.1, -0.05) is 18.8 Å². The average molecular weight is 484 g/mol. The van der Waals surface area contributed by atoms with Gasteiger partial charge >= 0.3 is 0 Å². The maximum absolute atomic E-state index is 13.4. The zero-order valence-corrected chi connectivity index (χ0v) is 20.3. The molecule has 2 amide bonds. The number of methoxy groups -OCH3 is 1. The molecule has 0 saturated heterocycles. The molecular formula is C26H30FN3O5. The fourth-order valence-electron chi connectivity index (χ4n) is 3.76. The SMILES string of the molecule is COCC#Cc1cnc2c(c1)C(=O)N([C@@H](C)CO)C[C@H](C)[C@H](CN(C)C(=O)c1ccc(F)cc1)O2. The first-order valence-corrected chi connectivity index (χ1v) is 11.3. The summed E-state index contributed by atoms with van der Waals surface area (Å²) in [5.41, 5.74) is 1.12. The Kier molecular flexibility index (Phi) is 8.79. The van der Waals surface area contributed by atoms with Gasteiger partial charge in [0.25, 0.3) is 11.8 Å². The largest absolute Gasteiger partial charge is 0.472 e. The van der Waals surface area contributed by atoms with E-state index in [9.17, 15) is 19.1 Å². The molecule has 1 aliphatic heterocycles. The fraction of sp³-hybridized carbons (Fsp3) is 0.423. The van der Waals surface area contributed by atoms with Gasteiger partial charge in [-0.3, -0.25) is 9.59 Å². The Bertz CT molecular complexity index is 1110. The van der Waals surface area contributed by atoms with Crippen LogP contribution in [0.1, 0.15) is 40.1 Å². The molecule has 0 bridgehead atoms. The monoisotopic (exact) mass is 483 g/mol. The lowest BCUT2D eigenvalue weighted by molar-refractivity contribution is 0.0313. The minimum absolute atomic E-state index is 0.140. The number of ether oxygens (including phenoxy) is 2. The molecule has 1 aromatic heterocycles. The number of rotatable bonds is 6. The predicted octanol–water partition coefficient (Wildman–Crippen LogP) is 2.21. The quantitative estimate of drug-likeness (QED) is 0.634. The number of fused-ring (bicyclic) bond motifs is 1. The summed E-state index contributed by atoms with van der Waals surface area (Å²) in [7, 11) is 3.18. The molecule has 1 N–H and O–H groups in total. The number of aliphatic hydroxyl groups excluding tert-OH is 1. The van der Waals surface area contributed by atoms with Crippen LogP contribution >= 0.6 is 0 Å². The second kappa shape index (κ2) is 11.8. The van der Waals surface area contributed by atoms with Crippen LogP contribution in [0, 0.1) is 23.6 Å². The third-order valence-corrected chi connectivity index (χ3v) is 5.86. The van der Waals surface area contributed by atoms with E-state index in [1.54, 1.807) is 24.9 Å². The standard InChI is InChI=1S/C26H30FN3O5/c1-17-14-30(18(2)16-31)26(33)22-12-19(6-5-11-34-4)13-28-24(22)35-23(17)15-29(3)25(32)20-7-9-21(27)10-8-20/h7-10,12-13,17-18,23,31H,11,14-16H2,1-4H3/t17-,18-,23-/m0/s1. The highest BCUT2D eigenvalue weighted by molar-refractivity contribution is 5.97. The van der Waals surface area contributed by atoms with Gasteiger partial charge in [-0.2, -0.15) is 0 Å². The highest BCUT2D eigenvalue weighted by Crippen LogP contribution is 2.27. The molecule has 35 heavy (non-hydrogen) atoms. The number of hydrogen-bond acceptors (Lipinski definition) is 6. The number of pyridine rings is 1. The summed E-state index contributed by atoms with van der Waals surface area (Å²) < 4.78 is 24.4.